The van der Waals surface area contributed by atoms with Crippen molar-refractivity contribution in [2.75, 3.05) is 0 Å². The molecule has 1 heterocycles. The maximum Gasteiger partial charge on any atom is 0.488 e. The molecule has 3 nitrogen and oxygen atoms in total. The fourth-order valence-electron chi connectivity index (χ4n) is 1.19. The molecule has 0 aliphatic carbocycles. The largest absolute Gasteiger partial charge is 0.488 e. The maximum absolute atomic E-state index is 13.2. The van der Waals surface area contributed by atoms with E-state index in [0.29, 0.717) is 0 Å². The fraction of sp³-hybridized carbons (Fsp3) is 0.222. The number of carbonyl (C=O) groups excluding carboxylic acids is 1. The summed E-state index contributed by atoms with van der Waals surface area (Å²) in [7, 11) is 0. The first kappa shape index (κ1) is 12.3. The molecule has 0 bridgehead atoms. The Kier molecular flexibility index (Phi) is 2.67. The molecule has 1 atom stereocenters. The van der Waals surface area contributed by atoms with Crippen molar-refractivity contribution < 1.29 is 27.4 Å². The van der Waals surface area contributed by atoms with Crippen LogP contribution < -0.4 is 9.47 Å². The minimum Gasteiger partial charge on any atom is -0.434 e. The van der Waals surface area contributed by atoms with Crippen LogP contribution in [0, 0.1) is 0 Å². The molecule has 92 valence electrons. The van der Waals surface area contributed by atoms with Crippen LogP contribution in [0.4, 0.5) is 13.2 Å². The molecule has 1 aliphatic rings. The molecule has 2 rings (SSSR count). The zero-order valence-electron chi connectivity index (χ0n) is 7.85. The molecule has 0 aromatic heterocycles. The molecule has 0 saturated carbocycles. The van der Waals surface area contributed by atoms with Crippen LogP contribution in [-0.4, -0.2) is 16.7 Å². The van der Waals surface area contributed by atoms with Gasteiger partial charge in [0, 0.05) is 5.56 Å². The molecule has 0 fully saturated rings. The zero-order chi connectivity index (χ0) is 12.8. The van der Waals surface area contributed by atoms with E-state index in [1.165, 1.54) is 0 Å². The molecule has 1 aromatic rings. The third-order valence-electron chi connectivity index (χ3n) is 1.99. The predicted octanol–water partition coefficient (Wildman–Crippen LogP) is 3.29. The summed E-state index contributed by atoms with van der Waals surface area (Å²) in [5, 5.41) is -4.67. The van der Waals surface area contributed by atoms with Crippen LogP contribution in [0.3, 0.4) is 0 Å². The number of halogens is 5. The molecule has 0 saturated heterocycles. The molecule has 17 heavy (non-hydrogen) atoms. The van der Waals surface area contributed by atoms with Crippen molar-refractivity contribution in [1.29, 1.82) is 0 Å². The molecule has 0 amide bonds. The smallest absolute Gasteiger partial charge is 0.434 e. The standard InChI is InChI=1S/C9H3Cl2F3O3/c10-7(15)4-1-2-5-6(3-4)17-9(13,14)8(11,12)16-5/h1-3H/t8-/m0/s1. The Bertz CT molecular complexity index is 490. The highest BCUT2D eigenvalue weighted by molar-refractivity contribution is 6.67. The highest BCUT2D eigenvalue weighted by Crippen LogP contribution is 2.48. The topological polar surface area (TPSA) is 35.5 Å². The lowest BCUT2D eigenvalue weighted by Crippen LogP contribution is -2.51. The van der Waals surface area contributed by atoms with E-state index in [2.05, 4.69) is 9.47 Å². The Labute approximate surface area is 103 Å². The summed E-state index contributed by atoms with van der Waals surface area (Å²) in [4.78, 5) is 10.8. The van der Waals surface area contributed by atoms with E-state index in [0.717, 1.165) is 18.2 Å². The van der Waals surface area contributed by atoms with E-state index in [-0.39, 0.29) is 11.3 Å². The number of hydrogen-bond donors (Lipinski definition) is 0. The van der Waals surface area contributed by atoms with Gasteiger partial charge in [0.15, 0.2) is 11.5 Å². The SMILES string of the molecule is O=C(Cl)c1ccc2c(c1)OC(F)(F)[C@@](F)(Cl)O2. The average Bonchev–Trinajstić information content (AvgIpc) is 2.17. The summed E-state index contributed by atoms with van der Waals surface area (Å²) in [6.07, 6.45) is -4.38. The van der Waals surface area contributed by atoms with Crippen molar-refractivity contribution in [3.8, 4) is 11.5 Å². The molecular formula is C9H3Cl2F3O3. The number of alkyl halides is 4. The number of fused-ring (bicyclic) bond motifs is 1. The van der Waals surface area contributed by atoms with E-state index >= 15 is 0 Å². The lowest BCUT2D eigenvalue weighted by Gasteiger charge is -2.33. The van der Waals surface area contributed by atoms with Crippen LogP contribution in [-0.2, 0) is 0 Å². The summed E-state index contributed by atoms with van der Waals surface area (Å²) in [5.41, 5.74) is -0.0919. The van der Waals surface area contributed by atoms with E-state index in [1.807, 2.05) is 0 Å². The van der Waals surface area contributed by atoms with Crippen LogP contribution in [0.2, 0.25) is 0 Å². The van der Waals surface area contributed by atoms with Gasteiger partial charge in [-0.05, 0) is 41.4 Å². The van der Waals surface area contributed by atoms with Crippen LogP contribution in [0.25, 0.3) is 0 Å². The summed E-state index contributed by atoms with van der Waals surface area (Å²) in [6.45, 7) is 0. The van der Waals surface area contributed by atoms with Gasteiger partial charge in [-0.1, -0.05) is 0 Å². The van der Waals surface area contributed by atoms with Gasteiger partial charge in [0.25, 0.3) is 5.24 Å². The van der Waals surface area contributed by atoms with Crippen LogP contribution in [0.15, 0.2) is 18.2 Å². The van der Waals surface area contributed by atoms with E-state index in [9.17, 15) is 18.0 Å². The summed E-state index contributed by atoms with van der Waals surface area (Å²) < 4.78 is 47.5. The Morgan fingerprint density at radius 3 is 2.41 bits per heavy atom. The average molecular weight is 287 g/mol. The molecule has 0 N–H and O–H groups in total. The fourth-order valence-corrected chi connectivity index (χ4v) is 1.43. The van der Waals surface area contributed by atoms with Crippen molar-refractivity contribution in [3.05, 3.63) is 23.8 Å². The van der Waals surface area contributed by atoms with Gasteiger partial charge >= 0.3 is 11.4 Å². The normalized spacial score (nSPS) is 25.5. The van der Waals surface area contributed by atoms with Gasteiger partial charge in [-0.2, -0.15) is 13.2 Å². The summed E-state index contributed by atoms with van der Waals surface area (Å²) in [5.74, 6) is -0.870. The molecule has 1 aliphatic heterocycles. The van der Waals surface area contributed by atoms with Crippen molar-refractivity contribution in [3.63, 3.8) is 0 Å². The van der Waals surface area contributed by atoms with Gasteiger partial charge in [0.05, 0.1) is 0 Å². The van der Waals surface area contributed by atoms with E-state index in [4.69, 9.17) is 23.2 Å². The zero-order valence-corrected chi connectivity index (χ0v) is 9.36. The minimum absolute atomic E-state index is 0.0919. The van der Waals surface area contributed by atoms with Gasteiger partial charge < -0.3 is 9.47 Å². The minimum atomic E-state index is -4.38. The van der Waals surface area contributed by atoms with Crippen LogP contribution in [0.1, 0.15) is 10.4 Å². The number of hydrogen-bond acceptors (Lipinski definition) is 3. The Hall–Kier alpha value is -1.14. The Balaban J connectivity index is 2.47. The van der Waals surface area contributed by atoms with Crippen molar-refractivity contribution in [1.82, 2.24) is 0 Å². The third kappa shape index (κ3) is 2.02. The van der Waals surface area contributed by atoms with Crippen LogP contribution >= 0.6 is 23.2 Å². The van der Waals surface area contributed by atoms with E-state index in [1.54, 1.807) is 0 Å². The highest BCUT2D eigenvalue weighted by Gasteiger charge is 2.63. The second-order valence-electron chi connectivity index (χ2n) is 3.17. The van der Waals surface area contributed by atoms with Crippen LogP contribution in [0.5, 0.6) is 11.5 Å². The first-order valence-electron chi connectivity index (χ1n) is 4.20. The summed E-state index contributed by atoms with van der Waals surface area (Å²) in [6, 6.07) is 3.12. The predicted molar refractivity (Wildman–Crippen MR) is 52.5 cm³/mol. The Morgan fingerprint density at radius 1 is 1.18 bits per heavy atom. The molecule has 0 radical (unpaired) electrons. The van der Waals surface area contributed by atoms with Crippen molar-refractivity contribution in [2.24, 2.45) is 0 Å². The number of carbonyl (C=O) groups is 1. The number of rotatable bonds is 1. The molecule has 0 unspecified atom stereocenters. The van der Waals surface area contributed by atoms with Gasteiger partial charge in [-0.3, -0.25) is 4.79 Å². The molecular weight excluding hydrogens is 284 g/mol. The number of benzene rings is 1. The first-order chi connectivity index (χ1) is 7.73. The highest BCUT2D eigenvalue weighted by atomic mass is 35.5. The first-order valence-corrected chi connectivity index (χ1v) is 4.96. The lowest BCUT2D eigenvalue weighted by atomic mass is 10.2. The second-order valence-corrected chi connectivity index (χ2v) is 4.00. The second kappa shape index (κ2) is 3.68. The van der Waals surface area contributed by atoms with E-state index < -0.39 is 22.4 Å². The monoisotopic (exact) mass is 286 g/mol. The lowest BCUT2D eigenvalue weighted by molar-refractivity contribution is -0.303. The van der Waals surface area contributed by atoms with Gasteiger partial charge in [-0.15, -0.1) is 0 Å². The van der Waals surface area contributed by atoms with Gasteiger partial charge in [-0.25, -0.2) is 0 Å². The molecule has 8 heteroatoms. The van der Waals surface area contributed by atoms with Crippen molar-refractivity contribution >= 4 is 28.4 Å². The van der Waals surface area contributed by atoms with Gasteiger partial charge in [0.2, 0.25) is 0 Å². The van der Waals surface area contributed by atoms with Gasteiger partial charge in [0.1, 0.15) is 0 Å². The number of ether oxygens (including phenoxy) is 2. The molecule has 0 spiro atoms. The Morgan fingerprint density at radius 2 is 1.82 bits per heavy atom. The summed E-state index contributed by atoms with van der Waals surface area (Å²) >= 11 is 9.99. The maximum atomic E-state index is 13.2. The molecule has 1 aromatic carbocycles. The third-order valence-corrected chi connectivity index (χ3v) is 2.50. The van der Waals surface area contributed by atoms with Crippen molar-refractivity contribution in [2.45, 2.75) is 11.4 Å². The quantitative estimate of drug-likeness (QED) is 0.587.